The van der Waals surface area contributed by atoms with Crippen molar-refractivity contribution in [3.63, 3.8) is 0 Å². The summed E-state index contributed by atoms with van der Waals surface area (Å²) in [5.74, 6) is 0. The van der Waals surface area contributed by atoms with Crippen LogP contribution in [0.25, 0.3) is 0 Å². The smallest absolute Gasteiger partial charge is 0.408 e. The maximum absolute atomic E-state index is 11.6. The summed E-state index contributed by atoms with van der Waals surface area (Å²) in [4.78, 5) is 15.5. The molecule has 0 saturated carbocycles. The van der Waals surface area contributed by atoms with Gasteiger partial charge in [0.25, 0.3) is 0 Å². The van der Waals surface area contributed by atoms with Crippen LogP contribution in [-0.4, -0.2) is 33.0 Å². The molecule has 96 valence electrons. The molecule has 6 nitrogen and oxygen atoms in total. The van der Waals surface area contributed by atoms with Gasteiger partial charge in [0.1, 0.15) is 5.60 Å². The van der Waals surface area contributed by atoms with Crippen molar-refractivity contribution in [3.8, 4) is 0 Å². The van der Waals surface area contributed by atoms with Crippen molar-refractivity contribution in [2.24, 2.45) is 7.05 Å². The lowest BCUT2D eigenvalue weighted by atomic mass is 10.2. The van der Waals surface area contributed by atoms with Gasteiger partial charge < -0.3 is 19.7 Å². The first-order chi connectivity index (χ1) is 7.83. The summed E-state index contributed by atoms with van der Waals surface area (Å²) in [7, 11) is 1.79. The van der Waals surface area contributed by atoms with E-state index in [1.54, 1.807) is 44.9 Å². The molecule has 0 aliphatic rings. The molecule has 1 rings (SSSR count). The molecular weight excluding hydrogens is 222 g/mol. The van der Waals surface area contributed by atoms with Crippen LogP contribution >= 0.6 is 0 Å². The Morgan fingerprint density at radius 1 is 1.65 bits per heavy atom. The van der Waals surface area contributed by atoms with E-state index >= 15 is 0 Å². The molecule has 0 saturated heterocycles. The van der Waals surface area contributed by atoms with Crippen molar-refractivity contribution in [3.05, 3.63) is 18.2 Å². The van der Waals surface area contributed by atoms with Crippen molar-refractivity contribution in [1.82, 2.24) is 14.9 Å². The SMILES string of the molecule is Cn1cncc1C(CO)NC(=O)OC(C)(C)C. The number of amides is 1. The van der Waals surface area contributed by atoms with Crippen LogP contribution in [0, 0.1) is 0 Å². The first kappa shape index (κ1) is 13.5. The number of aromatic nitrogens is 2. The average molecular weight is 241 g/mol. The molecule has 1 aromatic rings. The number of alkyl carbamates (subject to hydrolysis) is 1. The van der Waals surface area contributed by atoms with Crippen molar-refractivity contribution < 1.29 is 14.6 Å². The Bertz CT molecular complexity index is 382. The molecule has 0 bridgehead atoms. The first-order valence-corrected chi connectivity index (χ1v) is 5.40. The van der Waals surface area contributed by atoms with Gasteiger partial charge in [-0.2, -0.15) is 0 Å². The number of hydrogen-bond donors (Lipinski definition) is 2. The molecule has 1 atom stereocenters. The Labute approximate surface area is 101 Å². The number of carbonyl (C=O) groups excluding carboxylic acids is 1. The minimum atomic E-state index is -0.559. The number of rotatable bonds is 3. The van der Waals surface area contributed by atoms with Gasteiger partial charge in [0.05, 0.1) is 30.9 Å². The fraction of sp³-hybridized carbons (Fsp3) is 0.636. The van der Waals surface area contributed by atoms with Crippen LogP contribution in [0.1, 0.15) is 32.5 Å². The fourth-order valence-corrected chi connectivity index (χ4v) is 1.37. The number of hydrogen-bond acceptors (Lipinski definition) is 4. The van der Waals surface area contributed by atoms with Crippen molar-refractivity contribution in [1.29, 1.82) is 0 Å². The highest BCUT2D eigenvalue weighted by molar-refractivity contribution is 5.68. The van der Waals surface area contributed by atoms with E-state index in [-0.39, 0.29) is 6.61 Å². The van der Waals surface area contributed by atoms with Crippen LogP contribution in [0.15, 0.2) is 12.5 Å². The first-order valence-electron chi connectivity index (χ1n) is 5.40. The van der Waals surface area contributed by atoms with Gasteiger partial charge in [0, 0.05) is 7.05 Å². The predicted molar refractivity (Wildman–Crippen MR) is 62.4 cm³/mol. The molecule has 0 aliphatic carbocycles. The third-order valence-electron chi connectivity index (χ3n) is 2.08. The second-order valence-electron chi connectivity index (χ2n) is 4.81. The molecule has 17 heavy (non-hydrogen) atoms. The lowest BCUT2D eigenvalue weighted by Gasteiger charge is -2.22. The van der Waals surface area contributed by atoms with Crippen LogP contribution < -0.4 is 5.32 Å². The summed E-state index contributed by atoms with van der Waals surface area (Å²) in [6.07, 6.45) is 2.64. The molecular formula is C11H19N3O3. The zero-order chi connectivity index (χ0) is 13.1. The zero-order valence-corrected chi connectivity index (χ0v) is 10.6. The summed E-state index contributed by atoms with van der Waals surface area (Å²) in [6.45, 7) is 5.14. The van der Waals surface area contributed by atoms with E-state index < -0.39 is 17.7 Å². The van der Waals surface area contributed by atoms with E-state index in [4.69, 9.17) is 4.74 Å². The van der Waals surface area contributed by atoms with E-state index in [9.17, 15) is 9.90 Å². The molecule has 0 aliphatic heterocycles. The van der Waals surface area contributed by atoms with Crippen LogP contribution in [0.5, 0.6) is 0 Å². The maximum atomic E-state index is 11.6. The Kier molecular flexibility index (Phi) is 4.11. The van der Waals surface area contributed by atoms with Crippen molar-refractivity contribution in [2.45, 2.75) is 32.4 Å². The molecule has 0 aromatic carbocycles. The summed E-state index contributed by atoms with van der Waals surface area (Å²) >= 11 is 0. The normalized spacial score (nSPS) is 13.2. The second kappa shape index (κ2) is 5.18. The maximum Gasteiger partial charge on any atom is 0.408 e. The molecule has 1 amide bonds. The Balaban J connectivity index is 2.66. The predicted octanol–water partition coefficient (Wildman–Crippen LogP) is 0.978. The number of aliphatic hydroxyl groups is 1. The van der Waals surface area contributed by atoms with E-state index in [1.807, 2.05) is 0 Å². The Hall–Kier alpha value is -1.56. The van der Waals surface area contributed by atoms with E-state index in [1.165, 1.54) is 0 Å². The molecule has 0 fully saturated rings. The number of aryl methyl sites for hydroxylation is 1. The van der Waals surface area contributed by atoms with Crippen molar-refractivity contribution >= 4 is 6.09 Å². The zero-order valence-electron chi connectivity index (χ0n) is 10.6. The van der Waals surface area contributed by atoms with Gasteiger partial charge >= 0.3 is 6.09 Å². The monoisotopic (exact) mass is 241 g/mol. The number of carbonyl (C=O) groups is 1. The largest absolute Gasteiger partial charge is 0.444 e. The Morgan fingerprint density at radius 2 is 2.29 bits per heavy atom. The second-order valence-corrected chi connectivity index (χ2v) is 4.81. The highest BCUT2D eigenvalue weighted by Gasteiger charge is 2.21. The molecule has 2 N–H and O–H groups in total. The fourth-order valence-electron chi connectivity index (χ4n) is 1.37. The highest BCUT2D eigenvalue weighted by atomic mass is 16.6. The van der Waals surface area contributed by atoms with Crippen LogP contribution in [0.4, 0.5) is 4.79 Å². The van der Waals surface area contributed by atoms with Crippen LogP contribution in [-0.2, 0) is 11.8 Å². The number of ether oxygens (including phenoxy) is 1. The minimum absolute atomic E-state index is 0.210. The lowest BCUT2D eigenvalue weighted by molar-refractivity contribution is 0.0479. The van der Waals surface area contributed by atoms with E-state index in [0.29, 0.717) is 0 Å². The molecule has 1 unspecified atom stereocenters. The highest BCUT2D eigenvalue weighted by Crippen LogP contribution is 2.13. The summed E-state index contributed by atoms with van der Waals surface area (Å²) in [5.41, 5.74) is 0.162. The summed E-state index contributed by atoms with van der Waals surface area (Å²) < 4.78 is 6.85. The lowest BCUT2D eigenvalue weighted by Crippen LogP contribution is -2.36. The molecule has 1 aromatic heterocycles. The van der Waals surface area contributed by atoms with Crippen LogP contribution in [0.2, 0.25) is 0 Å². The third-order valence-corrected chi connectivity index (χ3v) is 2.08. The van der Waals surface area contributed by atoms with Gasteiger partial charge in [-0.3, -0.25) is 0 Å². The van der Waals surface area contributed by atoms with Gasteiger partial charge in [-0.15, -0.1) is 0 Å². The topological polar surface area (TPSA) is 76.4 Å². The van der Waals surface area contributed by atoms with E-state index in [0.717, 1.165) is 5.69 Å². The van der Waals surface area contributed by atoms with Gasteiger partial charge in [-0.05, 0) is 20.8 Å². The minimum Gasteiger partial charge on any atom is -0.444 e. The summed E-state index contributed by atoms with van der Waals surface area (Å²) in [5, 5.41) is 11.9. The van der Waals surface area contributed by atoms with Crippen LogP contribution in [0.3, 0.4) is 0 Å². The Morgan fingerprint density at radius 3 is 2.71 bits per heavy atom. The summed E-state index contributed by atoms with van der Waals surface area (Å²) in [6, 6.07) is -0.516. The average Bonchev–Trinajstić information content (AvgIpc) is 2.58. The molecule has 0 spiro atoms. The molecule has 6 heteroatoms. The number of aliphatic hydroxyl groups excluding tert-OH is 1. The number of nitrogens with zero attached hydrogens (tertiary/aromatic N) is 2. The molecule has 1 heterocycles. The molecule has 0 radical (unpaired) electrons. The van der Waals surface area contributed by atoms with Gasteiger partial charge in [-0.1, -0.05) is 0 Å². The van der Waals surface area contributed by atoms with Gasteiger partial charge in [-0.25, -0.2) is 9.78 Å². The quantitative estimate of drug-likeness (QED) is 0.827. The van der Waals surface area contributed by atoms with E-state index in [2.05, 4.69) is 10.3 Å². The van der Waals surface area contributed by atoms with Crippen molar-refractivity contribution in [2.75, 3.05) is 6.61 Å². The van der Waals surface area contributed by atoms with Gasteiger partial charge in [0.2, 0.25) is 0 Å². The third kappa shape index (κ3) is 4.07. The standard InChI is InChI=1S/C11H19N3O3/c1-11(2,3)17-10(16)13-8(6-15)9-5-12-7-14(9)4/h5,7-8,15H,6H2,1-4H3,(H,13,16). The van der Waals surface area contributed by atoms with Gasteiger partial charge in [0.15, 0.2) is 0 Å². The number of nitrogens with one attached hydrogen (secondary N) is 1. The number of imidazole rings is 1.